The highest BCUT2D eigenvalue weighted by Gasteiger charge is 2.48. The lowest BCUT2D eigenvalue weighted by molar-refractivity contribution is -0.134. The first kappa shape index (κ1) is 20.2. The van der Waals surface area contributed by atoms with Gasteiger partial charge >= 0.3 is 0 Å². The summed E-state index contributed by atoms with van der Waals surface area (Å²) in [6.07, 6.45) is 6.79. The maximum absolute atomic E-state index is 13.7. The van der Waals surface area contributed by atoms with Gasteiger partial charge in [0.2, 0.25) is 5.91 Å². The van der Waals surface area contributed by atoms with Gasteiger partial charge in [0.25, 0.3) is 5.91 Å². The molecule has 2 aromatic heterocycles. The predicted octanol–water partition coefficient (Wildman–Crippen LogP) is 4.35. The van der Waals surface area contributed by atoms with Crippen LogP contribution in [0.1, 0.15) is 60.9 Å². The van der Waals surface area contributed by atoms with Gasteiger partial charge < -0.3 is 14.8 Å². The average molecular weight is 437 g/mol. The zero-order valence-electron chi connectivity index (χ0n) is 17.8. The SMILES string of the molecule is CC1(C(=O)NC2CCCCCC2)Cn2c(nc3ccccc32)C(=O)N1Cc1cccs1. The Hall–Kier alpha value is -2.67. The monoisotopic (exact) mass is 436 g/mol. The van der Waals surface area contributed by atoms with Gasteiger partial charge in [-0.25, -0.2) is 4.98 Å². The molecule has 0 radical (unpaired) electrons. The number of nitrogens with zero attached hydrogens (tertiary/aromatic N) is 3. The van der Waals surface area contributed by atoms with E-state index >= 15 is 0 Å². The van der Waals surface area contributed by atoms with Crippen LogP contribution in [0.3, 0.4) is 0 Å². The van der Waals surface area contributed by atoms with Gasteiger partial charge in [0.05, 0.1) is 24.1 Å². The highest BCUT2D eigenvalue weighted by Crippen LogP contribution is 2.33. The van der Waals surface area contributed by atoms with E-state index in [0.29, 0.717) is 18.9 Å². The number of benzene rings is 1. The zero-order chi connectivity index (χ0) is 21.4. The number of carbonyl (C=O) groups excluding carboxylic acids is 2. The number of hydrogen-bond acceptors (Lipinski definition) is 4. The number of nitrogens with one attached hydrogen (secondary N) is 1. The van der Waals surface area contributed by atoms with Crippen molar-refractivity contribution in [1.82, 2.24) is 19.8 Å². The summed E-state index contributed by atoms with van der Waals surface area (Å²) in [5.41, 5.74) is 0.703. The van der Waals surface area contributed by atoms with Gasteiger partial charge in [-0.1, -0.05) is 43.9 Å². The molecule has 1 aliphatic carbocycles. The molecule has 1 unspecified atom stereocenters. The minimum absolute atomic E-state index is 0.0623. The molecule has 0 spiro atoms. The third-order valence-corrected chi connectivity index (χ3v) is 7.59. The van der Waals surface area contributed by atoms with Crippen LogP contribution in [0.5, 0.6) is 0 Å². The van der Waals surface area contributed by atoms with Crippen LogP contribution in [-0.2, 0) is 17.9 Å². The van der Waals surface area contributed by atoms with E-state index in [1.165, 1.54) is 12.8 Å². The van der Waals surface area contributed by atoms with Gasteiger partial charge in [-0.15, -0.1) is 11.3 Å². The largest absolute Gasteiger partial charge is 0.351 e. The molecule has 1 aliphatic heterocycles. The van der Waals surface area contributed by atoms with Crippen molar-refractivity contribution in [3.05, 3.63) is 52.5 Å². The van der Waals surface area contributed by atoms with Crippen LogP contribution >= 0.6 is 11.3 Å². The standard InChI is InChI=1S/C24H28N4O2S/c1-24(23(30)25-17-9-4-2-3-5-10-17)16-27-20-13-7-6-12-19(20)26-21(27)22(29)28(24)15-18-11-8-14-31-18/h6-8,11-14,17H,2-5,9-10,15-16H2,1H3,(H,25,30). The second kappa shape index (κ2) is 8.11. The number of para-hydroxylation sites is 2. The molecule has 3 aromatic rings. The summed E-state index contributed by atoms with van der Waals surface area (Å²) in [5, 5.41) is 5.31. The normalized spacial score (nSPS) is 22.4. The van der Waals surface area contributed by atoms with Crippen molar-refractivity contribution in [2.45, 2.75) is 70.1 Å². The lowest BCUT2D eigenvalue weighted by atomic mass is 9.94. The van der Waals surface area contributed by atoms with Gasteiger partial charge in [-0.3, -0.25) is 9.59 Å². The van der Waals surface area contributed by atoms with E-state index in [0.717, 1.165) is 41.6 Å². The fourth-order valence-electron chi connectivity index (χ4n) is 4.90. The van der Waals surface area contributed by atoms with Gasteiger partial charge in [-0.05, 0) is 43.3 Å². The minimum Gasteiger partial charge on any atom is -0.351 e. The summed E-state index contributed by atoms with van der Waals surface area (Å²) in [6.45, 7) is 2.72. The molecule has 1 aromatic carbocycles. The van der Waals surface area contributed by atoms with Crippen molar-refractivity contribution in [2.24, 2.45) is 0 Å². The van der Waals surface area contributed by atoms with Gasteiger partial charge in [-0.2, -0.15) is 0 Å². The summed E-state index contributed by atoms with van der Waals surface area (Å²) < 4.78 is 1.93. The van der Waals surface area contributed by atoms with Crippen molar-refractivity contribution in [2.75, 3.05) is 0 Å². The average Bonchev–Trinajstić information content (AvgIpc) is 3.33. The zero-order valence-corrected chi connectivity index (χ0v) is 18.7. The first-order chi connectivity index (χ1) is 15.1. The molecule has 1 fully saturated rings. The summed E-state index contributed by atoms with van der Waals surface area (Å²) in [5.74, 6) is 0.166. The topological polar surface area (TPSA) is 67.2 Å². The fourth-order valence-corrected chi connectivity index (χ4v) is 5.59. The third kappa shape index (κ3) is 3.65. The van der Waals surface area contributed by atoms with Crippen LogP contribution in [0.25, 0.3) is 11.0 Å². The van der Waals surface area contributed by atoms with Crippen molar-refractivity contribution in [3.8, 4) is 0 Å². The van der Waals surface area contributed by atoms with Crippen LogP contribution in [0.4, 0.5) is 0 Å². The van der Waals surface area contributed by atoms with Crippen molar-refractivity contribution in [3.63, 3.8) is 0 Å². The van der Waals surface area contributed by atoms with Crippen molar-refractivity contribution < 1.29 is 9.59 Å². The van der Waals surface area contributed by atoms with Crippen LogP contribution in [0.15, 0.2) is 41.8 Å². The highest BCUT2D eigenvalue weighted by atomic mass is 32.1. The Labute approximate surface area is 186 Å². The van der Waals surface area contributed by atoms with E-state index in [2.05, 4.69) is 10.3 Å². The molecular formula is C24H28N4O2S. The minimum atomic E-state index is -0.982. The van der Waals surface area contributed by atoms with Crippen LogP contribution < -0.4 is 5.32 Å². The number of fused-ring (bicyclic) bond motifs is 3. The predicted molar refractivity (Wildman–Crippen MR) is 122 cm³/mol. The Kier molecular flexibility index (Phi) is 5.30. The van der Waals surface area contributed by atoms with Gasteiger partial charge in [0.1, 0.15) is 5.54 Å². The van der Waals surface area contributed by atoms with Crippen molar-refractivity contribution in [1.29, 1.82) is 0 Å². The maximum atomic E-state index is 13.7. The van der Waals surface area contributed by atoms with Crippen LogP contribution in [0.2, 0.25) is 0 Å². The molecule has 7 heteroatoms. The second-order valence-corrected chi connectivity index (χ2v) is 9.95. The smallest absolute Gasteiger partial charge is 0.291 e. The highest BCUT2D eigenvalue weighted by molar-refractivity contribution is 7.09. The Bertz CT molecular complexity index is 1100. The molecule has 31 heavy (non-hydrogen) atoms. The first-order valence-corrected chi connectivity index (χ1v) is 12.0. The first-order valence-electron chi connectivity index (χ1n) is 11.2. The van der Waals surface area contributed by atoms with Gasteiger partial charge in [0.15, 0.2) is 5.82 Å². The van der Waals surface area contributed by atoms with Gasteiger partial charge in [0, 0.05) is 10.9 Å². The molecule has 5 rings (SSSR count). The molecular weight excluding hydrogens is 408 g/mol. The van der Waals surface area contributed by atoms with E-state index in [1.54, 1.807) is 16.2 Å². The molecule has 2 aliphatic rings. The molecule has 1 N–H and O–H groups in total. The molecule has 2 amide bonds. The Morgan fingerprint density at radius 3 is 2.68 bits per heavy atom. The van der Waals surface area contributed by atoms with E-state index in [1.807, 2.05) is 53.3 Å². The molecule has 162 valence electrons. The number of hydrogen-bond donors (Lipinski definition) is 1. The summed E-state index contributed by atoms with van der Waals surface area (Å²) >= 11 is 1.60. The maximum Gasteiger partial charge on any atom is 0.291 e. The number of imidazole rings is 1. The van der Waals surface area contributed by atoms with Crippen LogP contribution in [0, 0.1) is 0 Å². The van der Waals surface area contributed by atoms with E-state index in [9.17, 15) is 9.59 Å². The second-order valence-electron chi connectivity index (χ2n) is 8.92. The molecule has 6 nitrogen and oxygen atoms in total. The van der Waals surface area contributed by atoms with E-state index in [-0.39, 0.29) is 17.9 Å². The molecule has 1 saturated carbocycles. The fraction of sp³-hybridized carbons (Fsp3) is 0.458. The Morgan fingerprint density at radius 2 is 1.94 bits per heavy atom. The number of aromatic nitrogens is 2. The third-order valence-electron chi connectivity index (χ3n) is 6.73. The summed E-state index contributed by atoms with van der Waals surface area (Å²) in [6, 6.07) is 11.9. The van der Waals surface area contributed by atoms with E-state index < -0.39 is 5.54 Å². The number of carbonyl (C=O) groups is 2. The molecule has 3 heterocycles. The Morgan fingerprint density at radius 1 is 1.16 bits per heavy atom. The van der Waals surface area contributed by atoms with E-state index in [4.69, 9.17) is 0 Å². The quantitative estimate of drug-likeness (QED) is 0.618. The lowest BCUT2D eigenvalue weighted by Gasteiger charge is -2.44. The number of amides is 2. The summed E-state index contributed by atoms with van der Waals surface area (Å²) in [4.78, 5) is 34.8. The number of rotatable bonds is 4. The van der Waals surface area contributed by atoms with Crippen molar-refractivity contribution >= 4 is 34.2 Å². The lowest BCUT2D eigenvalue weighted by Crippen LogP contribution is -2.64. The molecule has 0 bridgehead atoms. The van der Waals surface area contributed by atoms with Crippen LogP contribution in [-0.4, -0.2) is 37.8 Å². The Balaban J connectivity index is 1.53. The summed E-state index contributed by atoms with van der Waals surface area (Å²) in [7, 11) is 0. The molecule has 0 saturated heterocycles. The number of thiophene rings is 1. The molecule has 1 atom stereocenters.